The second-order valence-electron chi connectivity index (χ2n) is 9.04. The van der Waals surface area contributed by atoms with Gasteiger partial charge >= 0.3 is 0 Å². The smallest absolute Gasteiger partial charge is 0.233 e. The van der Waals surface area contributed by atoms with Crippen LogP contribution in [-0.2, 0) is 17.6 Å². The van der Waals surface area contributed by atoms with Crippen molar-refractivity contribution < 1.29 is 4.79 Å². The molecule has 0 fully saturated rings. The number of nitrogen functional groups attached to an aromatic ring is 1. The van der Waals surface area contributed by atoms with Gasteiger partial charge in [0.05, 0.1) is 6.42 Å². The Morgan fingerprint density at radius 2 is 1.85 bits per heavy atom. The summed E-state index contributed by atoms with van der Waals surface area (Å²) in [7, 11) is 0. The van der Waals surface area contributed by atoms with E-state index in [1.165, 1.54) is 11.3 Å². The van der Waals surface area contributed by atoms with E-state index < -0.39 is 0 Å². The summed E-state index contributed by atoms with van der Waals surface area (Å²) in [5.74, 6) is 0.682. The SMILES string of the molecule is CC(C)CN1c2ccc(N)cc2CC(C)(C)C1N1C(=O)Cc2ccccc21. The number of para-hydroxylation sites is 1. The fourth-order valence-corrected chi connectivity index (χ4v) is 4.79. The number of fused-ring (bicyclic) bond motifs is 2. The molecule has 2 aromatic carbocycles. The minimum Gasteiger partial charge on any atom is -0.399 e. The van der Waals surface area contributed by atoms with Crippen LogP contribution in [0.5, 0.6) is 0 Å². The minimum absolute atomic E-state index is 0.00725. The van der Waals surface area contributed by atoms with Gasteiger partial charge < -0.3 is 10.6 Å². The molecule has 1 amide bonds. The van der Waals surface area contributed by atoms with Crippen molar-refractivity contribution in [2.75, 3.05) is 22.1 Å². The lowest BCUT2D eigenvalue weighted by atomic mass is 9.76. The molecule has 1 unspecified atom stereocenters. The van der Waals surface area contributed by atoms with Crippen LogP contribution in [0.25, 0.3) is 0 Å². The largest absolute Gasteiger partial charge is 0.399 e. The van der Waals surface area contributed by atoms with Crippen LogP contribution < -0.4 is 15.5 Å². The summed E-state index contributed by atoms with van der Waals surface area (Å²) in [6, 6.07) is 14.4. The molecule has 4 heteroatoms. The third kappa shape index (κ3) is 2.97. The van der Waals surface area contributed by atoms with E-state index in [0.29, 0.717) is 12.3 Å². The Morgan fingerprint density at radius 1 is 1.11 bits per heavy atom. The second kappa shape index (κ2) is 6.29. The fourth-order valence-electron chi connectivity index (χ4n) is 4.79. The first-order valence-corrected chi connectivity index (χ1v) is 9.83. The highest BCUT2D eigenvalue weighted by Crippen LogP contribution is 2.46. The van der Waals surface area contributed by atoms with E-state index in [0.717, 1.165) is 29.9 Å². The van der Waals surface area contributed by atoms with Crippen molar-refractivity contribution in [1.29, 1.82) is 0 Å². The number of benzene rings is 2. The number of anilines is 3. The molecule has 0 saturated carbocycles. The Bertz CT molecular complexity index is 887. The van der Waals surface area contributed by atoms with Crippen molar-refractivity contribution in [2.24, 2.45) is 11.3 Å². The van der Waals surface area contributed by atoms with Crippen molar-refractivity contribution in [2.45, 2.75) is 46.7 Å². The first-order chi connectivity index (χ1) is 12.8. The summed E-state index contributed by atoms with van der Waals surface area (Å²) in [5.41, 5.74) is 11.5. The quantitative estimate of drug-likeness (QED) is 0.830. The van der Waals surface area contributed by atoms with E-state index in [1.807, 2.05) is 18.2 Å². The molecular formula is C23H29N3O. The van der Waals surface area contributed by atoms with Crippen LogP contribution >= 0.6 is 0 Å². The van der Waals surface area contributed by atoms with E-state index in [2.05, 4.69) is 61.8 Å². The third-order valence-electron chi connectivity index (χ3n) is 5.72. The molecule has 0 bridgehead atoms. The average Bonchev–Trinajstić information content (AvgIpc) is 2.89. The molecule has 2 aliphatic rings. The van der Waals surface area contributed by atoms with Gasteiger partial charge in [-0.05, 0) is 47.7 Å². The monoisotopic (exact) mass is 363 g/mol. The van der Waals surface area contributed by atoms with E-state index in [9.17, 15) is 4.79 Å². The molecule has 2 heterocycles. The average molecular weight is 364 g/mol. The predicted octanol–water partition coefficient (Wildman–Crippen LogP) is 4.23. The number of carbonyl (C=O) groups is 1. The van der Waals surface area contributed by atoms with Gasteiger partial charge in [0, 0.05) is 29.0 Å². The molecule has 1 atom stereocenters. The van der Waals surface area contributed by atoms with Crippen LogP contribution in [0.2, 0.25) is 0 Å². The first-order valence-electron chi connectivity index (χ1n) is 9.83. The molecule has 2 aromatic rings. The van der Waals surface area contributed by atoms with E-state index in [4.69, 9.17) is 5.73 Å². The van der Waals surface area contributed by atoms with Crippen LogP contribution in [0.15, 0.2) is 42.5 Å². The Balaban J connectivity index is 1.87. The summed E-state index contributed by atoms with van der Waals surface area (Å²) in [5, 5.41) is 0. The zero-order valence-corrected chi connectivity index (χ0v) is 16.7. The van der Waals surface area contributed by atoms with Gasteiger partial charge in [0.25, 0.3) is 0 Å². The van der Waals surface area contributed by atoms with Crippen LogP contribution in [0, 0.1) is 11.3 Å². The number of hydrogen-bond acceptors (Lipinski definition) is 3. The topological polar surface area (TPSA) is 49.6 Å². The van der Waals surface area contributed by atoms with Crippen LogP contribution in [-0.4, -0.2) is 18.6 Å². The molecule has 2 N–H and O–H groups in total. The van der Waals surface area contributed by atoms with Gasteiger partial charge in [-0.25, -0.2) is 0 Å². The maximum absolute atomic E-state index is 13.1. The molecule has 2 aliphatic heterocycles. The van der Waals surface area contributed by atoms with Gasteiger partial charge in [-0.15, -0.1) is 0 Å². The van der Waals surface area contributed by atoms with Gasteiger partial charge in [0.1, 0.15) is 6.17 Å². The third-order valence-corrected chi connectivity index (χ3v) is 5.72. The van der Waals surface area contributed by atoms with E-state index >= 15 is 0 Å². The summed E-state index contributed by atoms with van der Waals surface area (Å²) < 4.78 is 0. The van der Waals surface area contributed by atoms with E-state index in [1.54, 1.807) is 0 Å². The molecular weight excluding hydrogens is 334 g/mol. The normalized spacial score (nSPS) is 20.8. The first kappa shape index (κ1) is 17.9. The highest BCUT2D eigenvalue weighted by molar-refractivity contribution is 6.02. The summed E-state index contributed by atoms with van der Waals surface area (Å²) in [6.07, 6.45) is 1.39. The Kier molecular flexibility index (Phi) is 4.17. The number of nitrogens with two attached hydrogens (primary N) is 1. The highest BCUT2D eigenvalue weighted by atomic mass is 16.2. The second-order valence-corrected chi connectivity index (χ2v) is 9.04. The van der Waals surface area contributed by atoms with Crippen molar-refractivity contribution in [3.63, 3.8) is 0 Å². The van der Waals surface area contributed by atoms with E-state index in [-0.39, 0.29) is 17.5 Å². The minimum atomic E-state index is -0.0944. The molecule has 4 nitrogen and oxygen atoms in total. The van der Waals surface area contributed by atoms with Crippen LogP contribution in [0.3, 0.4) is 0 Å². The van der Waals surface area contributed by atoms with Gasteiger partial charge in [0.2, 0.25) is 5.91 Å². The molecule has 0 aliphatic carbocycles. The Morgan fingerprint density at radius 3 is 2.59 bits per heavy atom. The summed E-state index contributed by atoms with van der Waals surface area (Å²) in [4.78, 5) is 17.6. The number of nitrogens with zero attached hydrogens (tertiary/aromatic N) is 2. The van der Waals surface area contributed by atoms with Gasteiger partial charge in [-0.3, -0.25) is 9.69 Å². The Hall–Kier alpha value is -2.49. The summed E-state index contributed by atoms with van der Waals surface area (Å²) in [6.45, 7) is 9.90. The lowest BCUT2D eigenvalue weighted by Gasteiger charge is -2.52. The van der Waals surface area contributed by atoms with Crippen molar-refractivity contribution in [3.8, 4) is 0 Å². The maximum atomic E-state index is 13.1. The van der Waals surface area contributed by atoms with Gasteiger partial charge in [0.15, 0.2) is 0 Å². The number of rotatable bonds is 3. The molecule has 142 valence electrons. The van der Waals surface area contributed by atoms with Crippen molar-refractivity contribution in [1.82, 2.24) is 0 Å². The molecule has 0 saturated heterocycles. The molecule has 0 spiro atoms. The highest BCUT2D eigenvalue weighted by Gasteiger charge is 2.47. The lowest BCUT2D eigenvalue weighted by Crippen LogP contribution is -2.61. The Labute approximate surface area is 162 Å². The fraction of sp³-hybridized carbons (Fsp3) is 0.435. The van der Waals surface area contributed by atoms with Crippen LogP contribution in [0.4, 0.5) is 17.1 Å². The van der Waals surface area contributed by atoms with Crippen molar-refractivity contribution >= 4 is 23.0 Å². The lowest BCUT2D eigenvalue weighted by molar-refractivity contribution is -0.118. The van der Waals surface area contributed by atoms with Gasteiger partial charge in [-0.1, -0.05) is 45.9 Å². The maximum Gasteiger partial charge on any atom is 0.233 e. The van der Waals surface area contributed by atoms with Crippen LogP contribution in [0.1, 0.15) is 38.8 Å². The molecule has 4 rings (SSSR count). The number of hydrogen-bond donors (Lipinski definition) is 1. The standard InChI is InChI=1S/C23H29N3O/c1-15(2)14-25-19-10-9-18(24)11-17(19)13-23(3,4)22(25)26-20-8-6-5-7-16(20)12-21(26)27/h5-11,15,22H,12-14,24H2,1-4H3. The predicted molar refractivity (Wildman–Crippen MR) is 112 cm³/mol. The molecule has 0 aromatic heterocycles. The zero-order valence-electron chi connectivity index (χ0n) is 16.7. The number of amides is 1. The molecule has 27 heavy (non-hydrogen) atoms. The number of carbonyl (C=O) groups excluding carboxylic acids is 1. The van der Waals surface area contributed by atoms with Crippen molar-refractivity contribution in [3.05, 3.63) is 53.6 Å². The zero-order chi connectivity index (χ0) is 19.3. The van der Waals surface area contributed by atoms with Gasteiger partial charge in [-0.2, -0.15) is 0 Å². The summed E-state index contributed by atoms with van der Waals surface area (Å²) >= 11 is 0. The molecule has 0 radical (unpaired) electrons.